The number of rotatable bonds is 2. The largest absolute Gasteiger partial charge is 0.479 e. The lowest BCUT2D eigenvalue weighted by molar-refractivity contribution is -0.125. The van der Waals surface area contributed by atoms with Crippen LogP contribution in [0, 0.1) is 5.92 Å². The Morgan fingerprint density at radius 1 is 1.44 bits per heavy atom. The van der Waals surface area contributed by atoms with Gasteiger partial charge in [-0.25, -0.2) is 0 Å². The number of benzene rings is 1. The summed E-state index contributed by atoms with van der Waals surface area (Å²) in [5, 5.41) is 3.34. The second kappa shape index (κ2) is 4.61. The average Bonchev–Trinajstić information content (AvgIpc) is 2.88. The van der Waals surface area contributed by atoms with Gasteiger partial charge in [0.1, 0.15) is 5.75 Å². The first-order chi connectivity index (χ1) is 8.75. The quantitative estimate of drug-likeness (QED) is 0.858. The third kappa shape index (κ3) is 1.97. The van der Waals surface area contributed by atoms with Crippen molar-refractivity contribution in [1.82, 2.24) is 5.32 Å². The number of carbonyl (C=O) groups is 1. The first-order valence-electron chi connectivity index (χ1n) is 6.53. The van der Waals surface area contributed by atoms with E-state index >= 15 is 0 Å². The number of hydrogen-bond donors (Lipinski definition) is 1. The number of carbonyl (C=O) groups excluding carboxylic acids is 1. The van der Waals surface area contributed by atoms with E-state index in [1.54, 1.807) is 0 Å². The molecule has 1 N–H and O–H groups in total. The van der Waals surface area contributed by atoms with Crippen LogP contribution < -0.4 is 15.0 Å². The van der Waals surface area contributed by atoms with Crippen LogP contribution >= 0.6 is 0 Å². The number of hydrogen-bond acceptors (Lipinski definition) is 3. The summed E-state index contributed by atoms with van der Waals surface area (Å²) in [7, 11) is 0. The Bertz CT molecular complexity index is 455. The van der Waals surface area contributed by atoms with E-state index in [1.807, 2.05) is 36.1 Å². The van der Waals surface area contributed by atoms with Gasteiger partial charge < -0.3 is 15.0 Å². The van der Waals surface area contributed by atoms with E-state index in [1.165, 1.54) is 0 Å². The Hall–Kier alpha value is -1.55. The molecule has 3 rings (SSSR count). The highest BCUT2D eigenvalue weighted by Crippen LogP contribution is 2.34. The Morgan fingerprint density at radius 3 is 3.06 bits per heavy atom. The number of nitrogens with one attached hydrogen (secondary N) is 1. The van der Waals surface area contributed by atoms with Crippen LogP contribution in [0.1, 0.15) is 13.3 Å². The van der Waals surface area contributed by atoms with Crippen molar-refractivity contribution < 1.29 is 9.53 Å². The number of ether oxygens (including phenoxy) is 1. The van der Waals surface area contributed by atoms with Gasteiger partial charge in [0, 0.05) is 6.54 Å². The van der Waals surface area contributed by atoms with Crippen LogP contribution in [0.5, 0.6) is 5.75 Å². The summed E-state index contributed by atoms with van der Waals surface area (Å²) >= 11 is 0. The third-order valence-electron chi connectivity index (χ3n) is 3.68. The zero-order valence-corrected chi connectivity index (χ0v) is 10.6. The standard InChI is InChI=1S/C14H18N2O2/c1-10-14(17)16(9-11-6-7-15-8-11)12-4-2-3-5-13(12)18-10/h2-5,10-11,15H,6-9H2,1H3. The van der Waals surface area contributed by atoms with Crippen molar-refractivity contribution in [3.05, 3.63) is 24.3 Å². The molecule has 2 aliphatic rings. The summed E-state index contributed by atoms with van der Waals surface area (Å²) in [5.74, 6) is 1.43. The molecule has 2 aliphatic heterocycles. The molecule has 0 aliphatic carbocycles. The molecule has 1 aromatic rings. The van der Waals surface area contributed by atoms with Gasteiger partial charge in [0.05, 0.1) is 5.69 Å². The van der Waals surface area contributed by atoms with Crippen LogP contribution in [0.25, 0.3) is 0 Å². The minimum atomic E-state index is -0.380. The van der Waals surface area contributed by atoms with Crippen LogP contribution in [-0.2, 0) is 4.79 Å². The van der Waals surface area contributed by atoms with E-state index < -0.39 is 0 Å². The molecule has 96 valence electrons. The molecule has 1 amide bonds. The van der Waals surface area contributed by atoms with E-state index in [4.69, 9.17) is 4.74 Å². The second-order valence-corrected chi connectivity index (χ2v) is 5.04. The summed E-state index contributed by atoms with van der Waals surface area (Å²) < 4.78 is 5.63. The highest BCUT2D eigenvalue weighted by Gasteiger charge is 2.33. The van der Waals surface area contributed by atoms with Crippen LogP contribution in [0.15, 0.2) is 24.3 Å². The zero-order chi connectivity index (χ0) is 12.5. The molecular formula is C14H18N2O2. The van der Waals surface area contributed by atoms with Crippen molar-refractivity contribution in [3.8, 4) is 5.75 Å². The van der Waals surface area contributed by atoms with Crippen LogP contribution in [0.2, 0.25) is 0 Å². The highest BCUT2D eigenvalue weighted by molar-refractivity contribution is 5.99. The monoisotopic (exact) mass is 246 g/mol. The molecular weight excluding hydrogens is 228 g/mol. The van der Waals surface area contributed by atoms with Gasteiger partial charge in [0.15, 0.2) is 6.10 Å². The molecule has 4 heteroatoms. The fraction of sp³-hybridized carbons (Fsp3) is 0.500. The number of fused-ring (bicyclic) bond motifs is 1. The van der Waals surface area contributed by atoms with Gasteiger partial charge in [-0.2, -0.15) is 0 Å². The molecule has 1 aromatic carbocycles. The van der Waals surface area contributed by atoms with Crippen LogP contribution in [0.4, 0.5) is 5.69 Å². The fourth-order valence-corrected chi connectivity index (χ4v) is 2.68. The average molecular weight is 246 g/mol. The van der Waals surface area contributed by atoms with Crippen molar-refractivity contribution in [2.75, 3.05) is 24.5 Å². The SMILES string of the molecule is CC1Oc2ccccc2N(CC2CCNC2)C1=O. The predicted molar refractivity (Wildman–Crippen MR) is 69.9 cm³/mol. The maximum absolute atomic E-state index is 12.3. The van der Waals surface area contributed by atoms with E-state index in [2.05, 4.69) is 5.32 Å². The first kappa shape index (κ1) is 11.5. The van der Waals surface area contributed by atoms with Gasteiger partial charge in [-0.15, -0.1) is 0 Å². The van der Waals surface area contributed by atoms with Crippen molar-refractivity contribution in [2.24, 2.45) is 5.92 Å². The lowest BCUT2D eigenvalue weighted by Gasteiger charge is -2.34. The topological polar surface area (TPSA) is 41.6 Å². The Balaban J connectivity index is 1.88. The van der Waals surface area contributed by atoms with Crippen molar-refractivity contribution in [2.45, 2.75) is 19.4 Å². The second-order valence-electron chi connectivity index (χ2n) is 5.04. The number of amides is 1. The summed E-state index contributed by atoms with van der Waals surface area (Å²) in [6.45, 7) is 4.66. The lowest BCUT2D eigenvalue weighted by atomic mass is 10.1. The van der Waals surface area contributed by atoms with Gasteiger partial charge in [-0.3, -0.25) is 4.79 Å². The van der Waals surface area contributed by atoms with Gasteiger partial charge in [0.25, 0.3) is 5.91 Å². The maximum atomic E-state index is 12.3. The van der Waals surface area contributed by atoms with Gasteiger partial charge in [0.2, 0.25) is 0 Å². The molecule has 0 saturated carbocycles. The molecule has 0 radical (unpaired) electrons. The minimum absolute atomic E-state index is 0.0700. The van der Waals surface area contributed by atoms with Crippen molar-refractivity contribution in [3.63, 3.8) is 0 Å². The zero-order valence-electron chi connectivity index (χ0n) is 10.6. The van der Waals surface area contributed by atoms with Crippen molar-refractivity contribution >= 4 is 11.6 Å². The Labute approximate surface area is 107 Å². The van der Waals surface area contributed by atoms with Crippen LogP contribution in [0.3, 0.4) is 0 Å². The normalized spacial score (nSPS) is 26.9. The summed E-state index contributed by atoms with van der Waals surface area (Å²) in [6.07, 6.45) is 0.760. The molecule has 2 unspecified atom stereocenters. The van der Waals surface area contributed by atoms with Crippen molar-refractivity contribution in [1.29, 1.82) is 0 Å². The molecule has 1 saturated heterocycles. The summed E-state index contributed by atoms with van der Waals surface area (Å²) in [4.78, 5) is 14.1. The molecule has 0 bridgehead atoms. The number of anilines is 1. The molecule has 18 heavy (non-hydrogen) atoms. The Morgan fingerprint density at radius 2 is 2.28 bits per heavy atom. The van der Waals surface area contributed by atoms with E-state index in [9.17, 15) is 4.79 Å². The first-order valence-corrected chi connectivity index (χ1v) is 6.53. The molecule has 2 heterocycles. The highest BCUT2D eigenvalue weighted by atomic mass is 16.5. The minimum Gasteiger partial charge on any atom is -0.479 e. The molecule has 2 atom stereocenters. The van der Waals surface area contributed by atoms with Crippen LogP contribution in [-0.4, -0.2) is 31.6 Å². The number of nitrogens with zero attached hydrogens (tertiary/aromatic N) is 1. The fourth-order valence-electron chi connectivity index (χ4n) is 2.68. The molecule has 1 fully saturated rings. The Kier molecular flexibility index (Phi) is 2.96. The smallest absolute Gasteiger partial charge is 0.267 e. The summed E-state index contributed by atoms with van der Waals surface area (Å²) in [6, 6.07) is 7.78. The summed E-state index contributed by atoms with van der Waals surface area (Å²) in [5.41, 5.74) is 0.910. The van der Waals surface area contributed by atoms with Gasteiger partial charge in [-0.1, -0.05) is 12.1 Å². The number of para-hydroxylation sites is 2. The van der Waals surface area contributed by atoms with E-state index in [0.29, 0.717) is 5.92 Å². The molecule has 0 spiro atoms. The maximum Gasteiger partial charge on any atom is 0.267 e. The van der Waals surface area contributed by atoms with Gasteiger partial charge >= 0.3 is 0 Å². The molecule has 0 aromatic heterocycles. The molecule has 4 nitrogen and oxygen atoms in total. The predicted octanol–water partition coefficient (Wildman–Crippen LogP) is 1.41. The third-order valence-corrected chi connectivity index (χ3v) is 3.68. The van der Waals surface area contributed by atoms with E-state index in [0.717, 1.165) is 37.5 Å². The van der Waals surface area contributed by atoms with E-state index in [-0.39, 0.29) is 12.0 Å². The lowest BCUT2D eigenvalue weighted by Crippen LogP contribution is -2.46. The van der Waals surface area contributed by atoms with Gasteiger partial charge in [-0.05, 0) is 44.5 Å².